The molecule has 0 saturated carbocycles. The molecule has 0 aromatic heterocycles. The van der Waals surface area contributed by atoms with E-state index in [-0.39, 0.29) is 18.0 Å². The molecule has 4 rings (SSSR count). The Hall–Kier alpha value is -3.79. The van der Waals surface area contributed by atoms with Crippen LogP contribution in [0.4, 0.5) is 11.4 Å². The monoisotopic (exact) mass is 436 g/mol. The minimum absolute atomic E-state index is 0.0718. The van der Waals surface area contributed by atoms with Gasteiger partial charge in [-0.15, -0.1) is 0 Å². The van der Waals surface area contributed by atoms with Gasteiger partial charge in [0.05, 0.1) is 10.6 Å². The Kier molecular flexibility index (Phi) is 6.13. The van der Waals surface area contributed by atoms with Crippen LogP contribution in [0.2, 0.25) is 0 Å². The quantitative estimate of drug-likeness (QED) is 0.538. The summed E-state index contributed by atoms with van der Waals surface area (Å²) in [6.07, 6.45) is 0.178. The first kappa shape index (κ1) is 21.4. The van der Waals surface area contributed by atoms with Crippen molar-refractivity contribution < 1.29 is 14.5 Å². The van der Waals surface area contributed by atoms with Crippen molar-refractivity contribution in [2.45, 2.75) is 19.0 Å². The summed E-state index contributed by atoms with van der Waals surface area (Å²) in [5, 5.41) is 16.9. The van der Waals surface area contributed by atoms with Crippen LogP contribution >= 0.6 is 0 Å². The summed E-state index contributed by atoms with van der Waals surface area (Å²) < 4.78 is 0. The lowest BCUT2D eigenvalue weighted by Gasteiger charge is -2.34. The summed E-state index contributed by atoms with van der Waals surface area (Å²) in [5.41, 5.74) is 7.53. The molecule has 2 aromatic rings. The van der Waals surface area contributed by atoms with Gasteiger partial charge in [-0.05, 0) is 17.7 Å². The fourth-order valence-electron chi connectivity index (χ4n) is 4.00. The Balaban J connectivity index is 1.38. The zero-order valence-corrected chi connectivity index (χ0v) is 17.5. The molecular weight excluding hydrogens is 412 g/mol. The number of benzene rings is 2. The van der Waals surface area contributed by atoms with E-state index in [9.17, 15) is 19.7 Å². The first-order valence-electron chi connectivity index (χ1n) is 10.4. The van der Waals surface area contributed by atoms with Crippen LogP contribution < -0.4 is 10.7 Å². The summed E-state index contributed by atoms with van der Waals surface area (Å²) in [6, 6.07) is 15.1. The largest absolute Gasteiger partial charge is 0.368 e. The molecule has 2 aliphatic rings. The van der Waals surface area contributed by atoms with Crippen LogP contribution in [0.25, 0.3) is 0 Å². The topological polar surface area (TPSA) is 125 Å². The Morgan fingerprint density at radius 2 is 1.78 bits per heavy atom. The maximum Gasteiger partial charge on any atom is 0.270 e. The lowest BCUT2D eigenvalue weighted by Crippen LogP contribution is -2.50. The van der Waals surface area contributed by atoms with Gasteiger partial charge in [0.1, 0.15) is 11.8 Å². The number of hydrogen-bond acceptors (Lipinski definition) is 7. The van der Waals surface area contributed by atoms with E-state index < -0.39 is 16.9 Å². The number of nitrogens with two attached hydrogens (primary N) is 1. The SMILES string of the molecule is NC(=O)C1CC(C(=O)N2CCN(Cc3cccc([N+](=O)[O-])c3)CC2)=NN1c1ccccc1. The number of nitro benzene ring substituents is 1. The molecule has 0 bridgehead atoms. The molecule has 2 heterocycles. The zero-order valence-electron chi connectivity index (χ0n) is 17.5. The second-order valence-corrected chi connectivity index (χ2v) is 7.84. The molecule has 2 N–H and O–H groups in total. The molecule has 1 atom stereocenters. The van der Waals surface area contributed by atoms with E-state index in [1.807, 2.05) is 36.4 Å². The minimum atomic E-state index is -0.688. The molecule has 0 aliphatic carbocycles. The zero-order chi connectivity index (χ0) is 22.7. The van der Waals surface area contributed by atoms with Gasteiger partial charge in [-0.2, -0.15) is 5.10 Å². The number of nitro groups is 1. The van der Waals surface area contributed by atoms with E-state index in [1.165, 1.54) is 11.1 Å². The van der Waals surface area contributed by atoms with Gasteiger partial charge in [-0.25, -0.2) is 0 Å². The van der Waals surface area contributed by atoms with Gasteiger partial charge in [0.15, 0.2) is 0 Å². The van der Waals surface area contributed by atoms with E-state index in [0.717, 1.165) is 5.56 Å². The molecule has 1 saturated heterocycles. The lowest BCUT2D eigenvalue weighted by molar-refractivity contribution is -0.384. The second-order valence-electron chi connectivity index (χ2n) is 7.84. The smallest absolute Gasteiger partial charge is 0.270 e. The standard InChI is InChI=1S/C22H24N6O4/c23-21(29)20-14-19(24-27(20)17-6-2-1-3-7-17)22(30)26-11-9-25(10-12-26)15-16-5-4-8-18(13-16)28(31)32/h1-8,13,20H,9-12,14-15H2,(H2,23,29). The van der Waals surface area contributed by atoms with Crippen LogP contribution in [0, 0.1) is 10.1 Å². The van der Waals surface area contributed by atoms with E-state index in [2.05, 4.69) is 10.0 Å². The number of amides is 2. The van der Waals surface area contributed by atoms with Crippen molar-refractivity contribution in [2.24, 2.45) is 10.8 Å². The van der Waals surface area contributed by atoms with Gasteiger partial charge in [-0.1, -0.05) is 30.3 Å². The summed E-state index contributed by atoms with van der Waals surface area (Å²) in [5.74, 6) is -0.716. The van der Waals surface area contributed by atoms with Gasteiger partial charge in [0, 0.05) is 51.3 Å². The van der Waals surface area contributed by atoms with Crippen molar-refractivity contribution in [3.8, 4) is 0 Å². The Morgan fingerprint density at radius 3 is 2.44 bits per heavy atom. The van der Waals surface area contributed by atoms with Crippen molar-refractivity contribution in [2.75, 3.05) is 31.2 Å². The van der Waals surface area contributed by atoms with Gasteiger partial charge >= 0.3 is 0 Å². The van der Waals surface area contributed by atoms with Crippen LogP contribution in [0.1, 0.15) is 12.0 Å². The molecule has 2 aliphatic heterocycles. The molecule has 0 radical (unpaired) electrons. The highest BCUT2D eigenvalue weighted by Gasteiger charge is 2.37. The van der Waals surface area contributed by atoms with E-state index in [0.29, 0.717) is 44.1 Å². The number of para-hydroxylation sites is 1. The molecular formula is C22H24N6O4. The van der Waals surface area contributed by atoms with E-state index in [1.54, 1.807) is 17.0 Å². The maximum atomic E-state index is 13.1. The Bertz CT molecular complexity index is 1050. The summed E-state index contributed by atoms with van der Waals surface area (Å²) in [6.45, 7) is 2.89. The number of anilines is 1. The number of hydrazone groups is 1. The summed E-state index contributed by atoms with van der Waals surface area (Å²) in [4.78, 5) is 39.5. The van der Waals surface area contributed by atoms with Crippen LogP contribution in [-0.4, -0.2) is 64.5 Å². The van der Waals surface area contributed by atoms with Gasteiger partial charge in [0.25, 0.3) is 11.6 Å². The maximum absolute atomic E-state index is 13.1. The molecule has 1 unspecified atom stereocenters. The number of primary amides is 1. The van der Waals surface area contributed by atoms with Crippen molar-refractivity contribution in [1.29, 1.82) is 0 Å². The number of piperazine rings is 1. The number of carbonyl (C=O) groups is 2. The highest BCUT2D eigenvalue weighted by atomic mass is 16.6. The van der Waals surface area contributed by atoms with Crippen molar-refractivity contribution >= 4 is 28.9 Å². The second kappa shape index (κ2) is 9.15. The highest BCUT2D eigenvalue weighted by molar-refractivity contribution is 6.40. The Morgan fingerprint density at radius 1 is 1.06 bits per heavy atom. The third-order valence-electron chi connectivity index (χ3n) is 5.69. The van der Waals surface area contributed by atoms with Crippen LogP contribution in [0.5, 0.6) is 0 Å². The predicted octanol–water partition coefficient (Wildman–Crippen LogP) is 1.36. The van der Waals surface area contributed by atoms with Crippen molar-refractivity contribution in [3.05, 3.63) is 70.3 Å². The van der Waals surface area contributed by atoms with E-state index >= 15 is 0 Å². The fourth-order valence-corrected chi connectivity index (χ4v) is 4.00. The number of nitrogens with zero attached hydrogens (tertiary/aromatic N) is 5. The van der Waals surface area contributed by atoms with Crippen LogP contribution in [-0.2, 0) is 16.1 Å². The van der Waals surface area contributed by atoms with Crippen LogP contribution in [0.3, 0.4) is 0 Å². The molecule has 0 spiro atoms. The third-order valence-corrected chi connectivity index (χ3v) is 5.69. The molecule has 1 fully saturated rings. The third kappa shape index (κ3) is 4.59. The molecule has 10 heteroatoms. The first-order chi connectivity index (χ1) is 15.4. The van der Waals surface area contributed by atoms with Crippen molar-refractivity contribution in [1.82, 2.24) is 9.80 Å². The number of non-ortho nitro benzene ring substituents is 1. The number of carbonyl (C=O) groups excluding carboxylic acids is 2. The average molecular weight is 436 g/mol. The number of rotatable bonds is 6. The fraction of sp³-hybridized carbons (Fsp3) is 0.318. The van der Waals surface area contributed by atoms with E-state index in [4.69, 9.17) is 5.73 Å². The molecule has 10 nitrogen and oxygen atoms in total. The minimum Gasteiger partial charge on any atom is -0.368 e. The summed E-state index contributed by atoms with van der Waals surface area (Å²) >= 11 is 0. The van der Waals surface area contributed by atoms with Crippen molar-refractivity contribution in [3.63, 3.8) is 0 Å². The Labute approximate surface area is 185 Å². The van der Waals surface area contributed by atoms with Gasteiger partial charge in [0.2, 0.25) is 5.91 Å². The molecule has 2 amide bonds. The highest BCUT2D eigenvalue weighted by Crippen LogP contribution is 2.25. The lowest BCUT2D eigenvalue weighted by atomic mass is 10.1. The predicted molar refractivity (Wildman–Crippen MR) is 119 cm³/mol. The number of hydrogen-bond donors (Lipinski definition) is 1. The van der Waals surface area contributed by atoms with Crippen LogP contribution in [0.15, 0.2) is 59.7 Å². The molecule has 2 aromatic carbocycles. The average Bonchev–Trinajstić information content (AvgIpc) is 3.26. The van der Waals surface area contributed by atoms with Gasteiger partial charge < -0.3 is 10.6 Å². The van der Waals surface area contributed by atoms with Gasteiger partial charge in [-0.3, -0.25) is 29.6 Å². The normalized spacial score (nSPS) is 19.0. The summed E-state index contributed by atoms with van der Waals surface area (Å²) in [7, 11) is 0. The first-order valence-corrected chi connectivity index (χ1v) is 10.4. The molecule has 166 valence electrons. The molecule has 32 heavy (non-hydrogen) atoms.